The molecule has 0 aromatic heterocycles. The third kappa shape index (κ3) is 14.2. The van der Waals surface area contributed by atoms with E-state index in [2.05, 4.69) is 21.3 Å². The number of hydrogen-bond acceptors (Lipinski definition) is 6. The zero-order chi connectivity index (χ0) is 24.4. The number of hydrogen-bond donors (Lipinski definition) is 4. The summed E-state index contributed by atoms with van der Waals surface area (Å²) in [5, 5.41) is 10.5. The average Bonchev–Trinajstić information content (AvgIpc) is 2.55. The standard InChI is InChI=1S/C21H40N4O6/c1-10-11-15(25-17(27)14(3)24-19(29)31-21(7,8)9)12-22-16(26)13(2)23-18(28)30-20(4,5)6/h13-15H,10-12H2,1-9H3,(H,22,26)(H,23,28)(H,24,29)(H,25,27). The summed E-state index contributed by atoms with van der Waals surface area (Å²) in [6.45, 7) is 15.6. The average molecular weight is 445 g/mol. The maximum atomic E-state index is 12.4. The van der Waals surface area contributed by atoms with Crippen LogP contribution in [-0.2, 0) is 19.1 Å². The van der Waals surface area contributed by atoms with E-state index < -0.39 is 47.3 Å². The van der Waals surface area contributed by atoms with Crippen molar-refractivity contribution in [2.75, 3.05) is 6.54 Å². The van der Waals surface area contributed by atoms with Crippen molar-refractivity contribution in [1.82, 2.24) is 21.3 Å². The van der Waals surface area contributed by atoms with E-state index in [4.69, 9.17) is 9.47 Å². The second kappa shape index (κ2) is 12.4. The summed E-state index contributed by atoms with van der Waals surface area (Å²) < 4.78 is 10.3. The Morgan fingerprint density at radius 3 is 1.55 bits per heavy atom. The number of ether oxygens (including phenoxy) is 2. The number of carbonyl (C=O) groups is 4. The molecule has 0 spiro atoms. The van der Waals surface area contributed by atoms with Gasteiger partial charge in [-0.05, 0) is 61.8 Å². The fourth-order valence-corrected chi connectivity index (χ4v) is 2.38. The van der Waals surface area contributed by atoms with Gasteiger partial charge in [0.05, 0.1) is 0 Å². The molecule has 0 aliphatic carbocycles. The van der Waals surface area contributed by atoms with E-state index >= 15 is 0 Å². The minimum Gasteiger partial charge on any atom is -0.444 e. The molecule has 10 nitrogen and oxygen atoms in total. The maximum absolute atomic E-state index is 12.4. The molecule has 0 aromatic rings. The van der Waals surface area contributed by atoms with Gasteiger partial charge in [0, 0.05) is 12.6 Å². The van der Waals surface area contributed by atoms with Gasteiger partial charge < -0.3 is 30.7 Å². The van der Waals surface area contributed by atoms with Gasteiger partial charge in [-0.1, -0.05) is 13.3 Å². The lowest BCUT2D eigenvalue weighted by atomic mass is 10.1. The van der Waals surface area contributed by atoms with E-state index in [9.17, 15) is 19.2 Å². The van der Waals surface area contributed by atoms with Gasteiger partial charge in [0.15, 0.2) is 0 Å². The monoisotopic (exact) mass is 444 g/mol. The van der Waals surface area contributed by atoms with Crippen molar-refractivity contribution in [3.63, 3.8) is 0 Å². The summed E-state index contributed by atoms with van der Waals surface area (Å²) >= 11 is 0. The number of nitrogens with one attached hydrogen (secondary N) is 4. The second-order valence-corrected chi connectivity index (χ2v) is 9.48. The van der Waals surface area contributed by atoms with Gasteiger partial charge in [0.25, 0.3) is 0 Å². The number of alkyl carbamates (subject to hydrolysis) is 2. The fraction of sp³-hybridized carbons (Fsp3) is 0.810. The predicted molar refractivity (Wildman–Crippen MR) is 118 cm³/mol. The first kappa shape index (κ1) is 28.5. The lowest BCUT2D eigenvalue weighted by molar-refractivity contribution is -0.125. The topological polar surface area (TPSA) is 135 Å². The van der Waals surface area contributed by atoms with Crippen molar-refractivity contribution in [2.24, 2.45) is 0 Å². The van der Waals surface area contributed by atoms with Crippen LogP contribution in [0.2, 0.25) is 0 Å². The zero-order valence-electron chi connectivity index (χ0n) is 20.3. The molecule has 4 amide bonds. The normalized spacial score (nSPS) is 14.5. The van der Waals surface area contributed by atoms with Crippen LogP contribution in [0.1, 0.15) is 75.2 Å². The van der Waals surface area contributed by atoms with Crippen molar-refractivity contribution in [2.45, 2.75) is 104 Å². The Hall–Kier alpha value is -2.52. The van der Waals surface area contributed by atoms with Crippen molar-refractivity contribution in [1.29, 1.82) is 0 Å². The summed E-state index contributed by atoms with van der Waals surface area (Å²) in [5.74, 6) is -0.792. The first-order valence-electron chi connectivity index (χ1n) is 10.6. The van der Waals surface area contributed by atoms with E-state index in [1.165, 1.54) is 0 Å². The summed E-state index contributed by atoms with van der Waals surface area (Å²) in [7, 11) is 0. The van der Waals surface area contributed by atoms with E-state index in [0.29, 0.717) is 6.42 Å². The Labute approximate surface area is 185 Å². The number of amides is 4. The lowest BCUT2D eigenvalue weighted by Gasteiger charge is -2.24. The van der Waals surface area contributed by atoms with Crippen molar-refractivity contribution in [3.05, 3.63) is 0 Å². The van der Waals surface area contributed by atoms with Crippen LogP contribution in [0, 0.1) is 0 Å². The molecule has 0 radical (unpaired) electrons. The summed E-state index contributed by atoms with van der Waals surface area (Å²) in [6, 6.07) is -1.95. The van der Waals surface area contributed by atoms with Crippen molar-refractivity contribution in [3.8, 4) is 0 Å². The van der Waals surface area contributed by atoms with E-state index in [1.54, 1.807) is 55.4 Å². The molecular weight excluding hydrogens is 404 g/mol. The van der Waals surface area contributed by atoms with Gasteiger partial charge in [-0.25, -0.2) is 9.59 Å². The molecule has 0 saturated heterocycles. The quantitative estimate of drug-likeness (QED) is 0.431. The Balaban J connectivity index is 4.64. The minimum absolute atomic E-state index is 0.178. The van der Waals surface area contributed by atoms with Gasteiger partial charge >= 0.3 is 12.2 Å². The third-order valence-electron chi connectivity index (χ3n) is 3.76. The molecule has 0 aromatic carbocycles. The van der Waals surface area contributed by atoms with Crippen LogP contribution in [0.5, 0.6) is 0 Å². The number of carbonyl (C=O) groups excluding carboxylic acids is 4. The van der Waals surface area contributed by atoms with Crippen LogP contribution in [0.25, 0.3) is 0 Å². The van der Waals surface area contributed by atoms with Crippen LogP contribution in [0.4, 0.5) is 9.59 Å². The Bertz CT molecular complexity index is 624. The number of rotatable bonds is 9. The van der Waals surface area contributed by atoms with E-state index in [-0.39, 0.29) is 12.6 Å². The van der Waals surface area contributed by atoms with Gasteiger partial charge in [0.2, 0.25) is 11.8 Å². The SMILES string of the molecule is CCCC(CNC(=O)C(C)NC(=O)OC(C)(C)C)NC(=O)C(C)NC(=O)OC(C)(C)C. The highest BCUT2D eigenvalue weighted by molar-refractivity contribution is 5.86. The molecular formula is C21H40N4O6. The fourth-order valence-electron chi connectivity index (χ4n) is 2.38. The summed E-state index contributed by atoms with van der Waals surface area (Å²) in [6.07, 6.45) is 0.0348. The molecule has 0 aliphatic rings. The Morgan fingerprint density at radius 1 is 0.742 bits per heavy atom. The van der Waals surface area contributed by atoms with Crippen molar-refractivity contribution < 1.29 is 28.7 Å². The molecule has 10 heteroatoms. The molecule has 4 N–H and O–H groups in total. The predicted octanol–water partition coefficient (Wildman–Crippen LogP) is 2.21. The van der Waals surface area contributed by atoms with E-state index in [1.807, 2.05) is 6.92 Å². The molecule has 0 bridgehead atoms. The second-order valence-electron chi connectivity index (χ2n) is 9.48. The molecule has 0 fully saturated rings. The Morgan fingerprint density at radius 2 is 1.16 bits per heavy atom. The lowest BCUT2D eigenvalue weighted by Crippen LogP contribution is -2.53. The summed E-state index contributed by atoms with van der Waals surface area (Å²) in [5.41, 5.74) is -1.33. The zero-order valence-corrected chi connectivity index (χ0v) is 20.3. The minimum atomic E-state index is -0.808. The highest BCUT2D eigenvalue weighted by atomic mass is 16.6. The largest absolute Gasteiger partial charge is 0.444 e. The first-order valence-corrected chi connectivity index (χ1v) is 10.6. The molecule has 3 atom stereocenters. The van der Waals surface area contributed by atoms with Crippen LogP contribution >= 0.6 is 0 Å². The third-order valence-corrected chi connectivity index (χ3v) is 3.76. The molecule has 3 unspecified atom stereocenters. The van der Waals surface area contributed by atoms with Crippen LogP contribution in [0.3, 0.4) is 0 Å². The van der Waals surface area contributed by atoms with Crippen molar-refractivity contribution >= 4 is 24.0 Å². The smallest absolute Gasteiger partial charge is 0.408 e. The van der Waals surface area contributed by atoms with Crippen LogP contribution in [0.15, 0.2) is 0 Å². The molecule has 0 aliphatic heterocycles. The molecule has 0 heterocycles. The summed E-state index contributed by atoms with van der Waals surface area (Å²) in [4.78, 5) is 48.3. The van der Waals surface area contributed by atoms with Gasteiger partial charge in [-0.3, -0.25) is 9.59 Å². The Kier molecular flexibility index (Phi) is 11.4. The molecule has 31 heavy (non-hydrogen) atoms. The van der Waals surface area contributed by atoms with Gasteiger partial charge in [0.1, 0.15) is 23.3 Å². The molecule has 0 rings (SSSR count). The van der Waals surface area contributed by atoms with Gasteiger partial charge in [-0.2, -0.15) is 0 Å². The highest BCUT2D eigenvalue weighted by Gasteiger charge is 2.24. The maximum Gasteiger partial charge on any atom is 0.408 e. The van der Waals surface area contributed by atoms with Crippen LogP contribution in [-0.4, -0.2) is 59.9 Å². The van der Waals surface area contributed by atoms with E-state index in [0.717, 1.165) is 6.42 Å². The van der Waals surface area contributed by atoms with Gasteiger partial charge in [-0.15, -0.1) is 0 Å². The highest BCUT2D eigenvalue weighted by Crippen LogP contribution is 2.07. The van der Waals surface area contributed by atoms with Crippen LogP contribution < -0.4 is 21.3 Å². The molecule has 180 valence electrons. The first-order chi connectivity index (χ1) is 14.0. The molecule has 0 saturated carbocycles.